The number of ether oxygens (including phenoxy) is 1. The Kier molecular flexibility index (Phi) is 4.60. The van der Waals surface area contributed by atoms with E-state index in [1.165, 1.54) is 0 Å². The molecule has 0 radical (unpaired) electrons. The molecule has 20 heavy (non-hydrogen) atoms. The molecular weight excluding hydrogens is 256 g/mol. The summed E-state index contributed by atoms with van der Waals surface area (Å²) in [6.45, 7) is 4.15. The highest BCUT2D eigenvalue weighted by atomic mass is 16.5. The standard InChI is InChI=1S/C15H22N2O3/c1-3-15(14(18)19)8-5-9-17(11-15)10-12-6-4-7-13(16-12)20-2/h4,6-7H,3,5,8-11H2,1-2H3,(H,18,19). The first kappa shape index (κ1) is 14.8. The zero-order chi connectivity index (χ0) is 14.6. The van der Waals surface area contributed by atoms with Gasteiger partial charge in [0.15, 0.2) is 0 Å². The van der Waals surface area contributed by atoms with Crippen LogP contribution in [0.2, 0.25) is 0 Å². The first-order valence-corrected chi connectivity index (χ1v) is 7.05. The van der Waals surface area contributed by atoms with Crippen molar-refractivity contribution in [3.63, 3.8) is 0 Å². The van der Waals surface area contributed by atoms with Crippen LogP contribution in [0.5, 0.6) is 5.88 Å². The Hall–Kier alpha value is -1.62. The van der Waals surface area contributed by atoms with Gasteiger partial charge in [0.1, 0.15) is 0 Å². The van der Waals surface area contributed by atoms with Crippen molar-refractivity contribution in [1.29, 1.82) is 0 Å². The van der Waals surface area contributed by atoms with Gasteiger partial charge in [-0.05, 0) is 31.9 Å². The highest BCUT2D eigenvalue weighted by Gasteiger charge is 2.40. The Morgan fingerprint density at radius 1 is 1.55 bits per heavy atom. The fourth-order valence-corrected chi connectivity index (χ4v) is 2.86. The Labute approximate surface area is 119 Å². The summed E-state index contributed by atoms with van der Waals surface area (Å²) in [7, 11) is 1.60. The lowest BCUT2D eigenvalue weighted by Gasteiger charge is -2.39. The van der Waals surface area contributed by atoms with Crippen LogP contribution >= 0.6 is 0 Å². The van der Waals surface area contributed by atoms with Gasteiger partial charge in [-0.2, -0.15) is 0 Å². The van der Waals surface area contributed by atoms with Crippen molar-refractivity contribution in [1.82, 2.24) is 9.88 Å². The van der Waals surface area contributed by atoms with Crippen molar-refractivity contribution in [2.75, 3.05) is 20.2 Å². The molecule has 0 aromatic carbocycles. The number of pyridine rings is 1. The molecule has 1 saturated heterocycles. The number of aliphatic carboxylic acids is 1. The van der Waals surface area contributed by atoms with Crippen LogP contribution in [0.4, 0.5) is 0 Å². The number of methoxy groups -OCH3 is 1. The molecule has 1 unspecified atom stereocenters. The summed E-state index contributed by atoms with van der Waals surface area (Å²) >= 11 is 0. The zero-order valence-electron chi connectivity index (χ0n) is 12.1. The predicted molar refractivity (Wildman–Crippen MR) is 75.7 cm³/mol. The van der Waals surface area contributed by atoms with Crippen molar-refractivity contribution < 1.29 is 14.6 Å². The first-order valence-electron chi connectivity index (χ1n) is 7.05. The minimum atomic E-state index is -0.677. The smallest absolute Gasteiger partial charge is 0.310 e. The lowest BCUT2D eigenvalue weighted by atomic mass is 9.77. The van der Waals surface area contributed by atoms with E-state index in [-0.39, 0.29) is 0 Å². The molecule has 110 valence electrons. The number of carboxylic acids is 1. The van der Waals surface area contributed by atoms with Crippen LogP contribution < -0.4 is 4.74 Å². The Morgan fingerprint density at radius 3 is 3.00 bits per heavy atom. The third-order valence-corrected chi connectivity index (χ3v) is 4.16. The van der Waals surface area contributed by atoms with Crippen molar-refractivity contribution in [3.8, 4) is 5.88 Å². The number of likely N-dealkylation sites (tertiary alicyclic amines) is 1. The molecule has 2 heterocycles. The average molecular weight is 278 g/mol. The Morgan fingerprint density at radius 2 is 2.35 bits per heavy atom. The van der Waals surface area contributed by atoms with Crippen LogP contribution in [0.15, 0.2) is 18.2 Å². The summed E-state index contributed by atoms with van der Waals surface area (Å²) < 4.78 is 5.12. The monoisotopic (exact) mass is 278 g/mol. The van der Waals surface area contributed by atoms with Crippen LogP contribution in [-0.2, 0) is 11.3 Å². The second kappa shape index (κ2) is 6.22. The fourth-order valence-electron chi connectivity index (χ4n) is 2.86. The summed E-state index contributed by atoms with van der Waals surface area (Å²) in [5.41, 5.74) is 0.318. The van der Waals surface area contributed by atoms with Gasteiger partial charge in [0.05, 0.1) is 18.2 Å². The molecule has 5 nitrogen and oxygen atoms in total. The van der Waals surface area contributed by atoms with Gasteiger partial charge in [0.25, 0.3) is 0 Å². The molecule has 1 fully saturated rings. The van der Waals surface area contributed by atoms with Crippen molar-refractivity contribution >= 4 is 5.97 Å². The van der Waals surface area contributed by atoms with Crippen LogP contribution in [0, 0.1) is 5.41 Å². The van der Waals surface area contributed by atoms with Gasteiger partial charge >= 0.3 is 5.97 Å². The Balaban J connectivity index is 2.07. The van der Waals surface area contributed by atoms with E-state index in [9.17, 15) is 9.90 Å². The van der Waals surface area contributed by atoms with Gasteiger partial charge < -0.3 is 9.84 Å². The average Bonchev–Trinajstić information content (AvgIpc) is 2.47. The van der Waals surface area contributed by atoms with Gasteiger partial charge in [-0.25, -0.2) is 4.98 Å². The number of rotatable bonds is 5. The lowest BCUT2D eigenvalue weighted by Crippen LogP contribution is -2.47. The van der Waals surface area contributed by atoms with Gasteiger partial charge in [-0.1, -0.05) is 13.0 Å². The van der Waals surface area contributed by atoms with E-state index < -0.39 is 11.4 Å². The van der Waals surface area contributed by atoms with Crippen LogP contribution in [0.3, 0.4) is 0 Å². The molecule has 1 N–H and O–H groups in total. The van der Waals surface area contributed by atoms with Gasteiger partial charge in [-0.3, -0.25) is 9.69 Å². The second-order valence-corrected chi connectivity index (χ2v) is 5.42. The Bertz CT molecular complexity index is 478. The number of hydrogen-bond donors (Lipinski definition) is 1. The number of aromatic nitrogens is 1. The molecule has 1 aromatic heterocycles. The SMILES string of the molecule is CCC1(C(=O)O)CCCN(Cc2cccc(OC)n2)C1. The topological polar surface area (TPSA) is 62.7 Å². The van der Waals surface area contributed by atoms with Crippen molar-refractivity contribution in [3.05, 3.63) is 23.9 Å². The summed E-state index contributed by atoms with van der Waals surface area (Å²) in [4.78, 5) is 18.1. The van der Waals surface area contributed by atoms with E-state index in [1.807, 2.05) is 25.1 Å². The van der Waals surface area contributed by atoms with E-state index in [2.05, 4.69) is 9.88 Å². The van der Waals surface area contributed by atoms with E-state index in [0.717, 1.165) is 25.1 Å². The van der Waals surface area contributed by atoms with Gasteiger partial charge in [0.2, 0.25) is 5.88 Å². The molecule has 0 bridgehead atoms. The third-order valence-electron chi connectivity index (χ3n) is 4.16. The molecule has 1 aromatic rings. The number of carboxylic acid groups (broad SMARTS) is 1. The zero-order valence-corrected chi connectivity index (χ0v) is 12.1. The molecule has 5 heteroatoms. The molecule has 1 atom stereocenters. The normalized spacial score (nSPS) is 23.5. The number of piperidine rings is 1. The van der Waals surface area contributed by atoms with E-state index in [0.29, 0.717) is 25.4 Å². The minimum absolute atomic E-state index is 0.595. The maximum absolute atomic E-state index is 11.5. The molecule has 0 aliphatic carbocycles. The summed E-state index contributed by atoms with van der Waals surface area (Å²) in [5, 5.41) is 9.49. The summed E-state index contributed by atoms with van der Waals surface area (Å²) in [5.74, 6) is -0.0807. The van der Waals surface area contributed by atoms with Crippen molar-refractivity contribution in [2.45, 2.75) is 32.7 Å². The molecular formula is C15H22N2O3. The van der Waals surface area contributed by atoms with E-state index in [4.69, 9.17) is 4.74 Å². The van der Waals surface area contributed by atoms with Crippen LogP contribution in [-0.4, -0.2) is 41.2 Å². The largest absolute Gasteiger partial charge is 0.481 e. The van der Waals surface area contributed by atoms with Crippen molar-refractivity contribution in [2.24, 2.45) is 5.41 Å². The molecule has 1 aliphatic heterocycles. The van der Waals surface area contributed by atoms with Gasteiger partial charge in [-0.15, -0.1) is 0 Å². The van der Waals surface area contributed by atoms with E-state index >= 15 is 0 Å². The predicted octanol–water partition coefficient (Wildman–Crippen LogP) is 2.17. The first-order chi connectivity index (χ1) is 9.59. The van der Waals surface area contributed by atoms with E-state index in [1.54, 1.807) is 7.11 Å². The summed E-state index contributed by atoms with van der Waals surface area (Å²) in [6, 6.07) is 5.67. The molecule has 2 rings (SSSR count). The highest BCUT2D eigenvalue weighted by molar-refractivity contribution is 5.75. The molecule has 0 saturated carbocycles. The maximum Gasteiger partial charge on any atom is 0.310 e. The molecule has 0 spiro atoms. The third kappa shape index (κ3) is 3.10. The van der Waals surface area contributed by atoms with Gasteiger partial charge in [0, 0.05) is 19.2 Å². The van der Waals surface area contributed by atoms with Crippen LogP contribution in [0.1, 0.15) is 31.9 Å². The quantitative estimate of drug-likeness (QED) is 0.894. The summed E-state index contributed by atoms with van der Waals surface area (Å²) in [6.07, 6.45) is 2.36. The number of carbonyl (C=O) groups is 1. The lowest BCUT2D eigenvalue weighted by molar-refractivity contribution is -0.153. The molecule has 0 amide bonds. The minimum Gasteiger partial charge on any atom is -0.481 e. The number of nitrogens with zero attached hydrogens (tertiary/aromatic N) is 2. The van der Waals surface area contributed by atoms with Crippen LogP contribution in [0.25, 0.3) is 0 Å². The fraction of sp³-hybridized carbons (Fsp3) is 0.600. The molecule has 1 aliphatic rings. The second-order valence-electron chi connectivity index (χ2n) is 5.42. The number of hydrogen-bond acceptors (Lipinski definition) is 4. The highest BCUT2D eigenvalue weighted by Crippen LogP contribution is 2.34. The maximum atomic E-state index is 11.5.